The Morgan fingerprint density at radius 3 is 2.47 bits per heavy atom. The molecular formula is C26H25N5O. The van der Waals surface area contributed by atoms with Crippen molar-refractivity contribution in [3.8, 4) is 22.5 Å². The van der Waals surface area contributed by atoms with Crippen molar-refractivity contribution in [3.63, 3.8) is 0 Å². The van der Waals surface area contributed by atoms with Crippen molar-refractivity contribution in [3.05, 3.63) is 90.5 Å². The molecule has 1 aliphatic rings. The van der Waals surface area contributed by atoms with Crippen molar-refractivity contribution in [2.24, 2.45) is 0 Å². The minimum absolute atomic E-state index is 0.163. The van der Waals surface area contributed by atoms with Crippen molar-refractivity contribution in [2.45, 2.75) is 25.2 Å². The number of nitrogens with one attached hydrogen (secondary N) is 1. The minimum Gasteiger partial charge on any atom is -0.342 e. The van der Waals surface area contributed by atoms with Crippen LogP contribution in [0.2, 0.25) is 0 Å². The first-order chi connectivity index (χ1) is 15.8. The van der Waals surface area contributed by atoms with E-state index in [1.807, 2.05) is 35.2 Å². The number of carbonyl (C=O) groups is 1. The van der Waals surface area contributed by atoms with Crippen LogP contribution < -0.4 is 0 Å². The highest BCUT2D eigenvalue weighted by atomic mass is 16.2. The number of piperidine rings is 1. The van der Waals surface area contributed by atoms with Gasteiger partial charge in [-0.1, -0.05) is 54.6 Å². The molecule has 0 unspecified atom stereocenters. The summed E-state index contributed by atoms with van der Waals surface area (Å²) in [5, 5.41) is 7.45. The molecule has 1 N–H and O–H groups in total. The third-order valence-electron chi connectivity index (χ3n) is 6.02. The van der Waals surface area contributed by atoms with Gasteiger partial charge in [-0.05, 0) is 41.7 Å². The predicted octanol–water partition coefficient (Wildman–Crippen LogP) is 4.48. The lowest BCUT2D eigenvalue weighted by Crippen LogP contribution is -2.40. The van der Waals surface area contributed by atoms with Crippen LogP contribution in [0.4, 0.5) is 0 Å². The van der Waals surface area contributed by atoms with Crippen LogP contribution >= 0.6 is 0 Å². The number of aromatic amines is 1. The number of rotatable bonds is 5. The molecule has 5 rings (SSSR count). The summed E-state index contributed by atoms with van der Waals surface area (Å²) in [6.07, 6.45) is 5.85. The molecule has 32 heavy (non-hydrogen) atoms. The molecule has 2 aromatic carbocycles. The molecule has 6 nitrogen and oxygen atoms in total. The maximum atomic E-state index is 13.0. The largest absolute Gasteiger partial charge is 0.342 e. The molecule has 4 aromatic rings. The van der Waals surface area contributed by atoms with Gasteiger partial charge < -0.3 is 4.90 Å². The number of pyridine rings is 1. The van der Waals surface area contributed by atoms with E-state index in [2.05, 4.69) is 56.6 Å². The number of hydrogen-bond acceptors (Lipinski definition) is 4. The van der Waals surface area contributed by atoms with Crippen LogP contribution in [0.1, 0.15) is 30.1 Å². The maximum absolute atomic E-state index is 13.0. The Hall–Kier alpha value is -3.80. The molecule has 3 heterocycles. The summed E-state index contributed by atoms with van der Waals surface area (Å²) in [6.45, 7) is 1.47. The zero-order valence-electron chi connectivity index (χ0n) is 17.8. The fourth-order valence-corrected chi connectivity index (χ4v) is 4.25. The molecule has 1 fully saturated rings. The lowest BCUT2D eigenvalue weighted by molar-refractivity contribution is -0.131. The molecule has 0 spiro atoms. The van der Waals surface area contributed by atoms with Crippen LogP contribution in [0, 0.1) is 0 Å². The monoisotopic (exact) mass is 423 g/mol. The smallest absolute Gasteiger partial charge is 0.227 e. The highest BCUT2D eigenvalue weighted by Crippen LogP contribution is 2.27. The van der Waals surface area contributed by atoms with Crippen LogP contribution in [-0.2, 0) is 11.2 Å². The Labute approximate surface area is 187 Å². The van der Waals surface area contributed by atoms with E-state index >= 15 is 0 Å². The third-order valence-corrected chi connectivity index (χ3v) is 6.02. The van der Waals surface area contributed by atoms with Gasteiger partial charge >= 0.3 is 0 Å². The summed E-state index contributed by atoms with van der Waals surface area (Å²) in [5.41, 5.74) is 4.32. The molecule has 1 amide bonds. The molecule has 2 aromatic heterocycles. The van der Waals surface area contributed by atoms with Crippen molar-refractivity contribution < 1.29 is 4.79 Å². The number of nitrogens with zero attached hydrogens (tertiary/aromatic N) is 4. The molecule has 6 heteroatoms. The molecule has 1 saturated heterocycles. The van der Waals surface area contributed by atoms with Crippen LogP contribution in [0.25, 0.3) is 22.5 Å². The van der Waals surface area contributed by atoms with Gasteiger partial charge in [-0.25, -0.2) is 4.98 Å². The Bertz CT molecular complexity index is 1170. The quantitative estimate of drug-likeness (QED) is 0.513. The van der Waals surface area contributed by atoms with Crippen LogP contribution in [0.15, 0.2) is 79.1 Å². The van der Waals surface area contributed by atoms with Gasteiger partial charge in [-0.15, -0.1) is 0 Å². The third kappa shape index (κ3) is 4.44. The first-order valence-corrected chi connectivity index (χ1v) is 11.0. The predicted molar refractivity (Wildman–Crippen MR) is 124 cm³/mol. The van der Waals surface area contributed by atoms with Gasteiger partial charge in [0.05, 0.1) is 6.42 Å². The standard InChI is InChI=1S/C26H25N5O/c32-24(17-19-8-10-21(11-9-19)20-5-2-1-3-6-20)31-16-4-7-23(18-31)26-28-25(29-30-26)22-12-14-27-15-13-22/h1-3,5-6,8-15,23H,4,7,16-18H2,(H,28,29,30)/t23-/m1/s1. The fraction of sp³-hybridized carbons (Fsp3) is 0.231. The fourth-order valence-electron chi connectivity index (χ4n) is 4.25. The molecule has 1 aliphatic heterocycles. The molecule has 1 atom stereocenters. The van der Waals surface area contributed by atoms with E-state index in [9.17, 15) is 4.79 Å². The van der Waals surface area contributed by atoms with Crippen molar-refractivity contribution in [2.75, 3.05) is 13.1 Å². The molecule has 160 valence electrons. The Kier molecular flexibility index (Phi) is 5.75. The summed E-state index contributed by atoms with van der Waals surface area (Å²) in [6, 6.07) is 22.4. The number of aromatic nitrogens is 4. The van der Waals surface area contributed by atoms with Crippen LogP contribution in [0.3, 0.4) is 0 Å². The zero-order chi connectivity index (χ0) is 21.8. The molecule has 0 saturated carbocycles. The van der Waals surface area contributed by atoms with Gasteiger partial charge in [0, 0.05) is 37.0 Å². The molecular weight excluding hydrogens is 398 g/mol. The first-order valence-electron chi connectivity index (χ1n) is 11.0. The average molecular weight is 424 g/mol. The lowest BCUT2D eigenvalue weighted by atomic mass is 9.96. The van der Waals surface area contributed by atoms with E-state index in [1.165, 1.54) is 5.56 Å². The zero-order valence-corrected chi connectivity index (χ0v) is 17.8. The number of benzene rings is 2. The highest BCUT2D eigenvalue weighted by molar-refractivity contribution is 5.79. The Balaban J connectivity index is 1.23. The second kappa shape index (κ2) is 9.14. The van der Waals surface area contributed by atoms with Gasteiger partial charge in [0.2, 0.25) is 5.91 Å². The first kappa shape index (κ1) is 20.1. The summed E-state index contributed by atoms with van der Waals surface area (Å²) in [5.74, 6) is 1.86. The number of hydrogen-bond donors (Lipinski definition) is 1. The van der Waals surface area contributed by atoms with Crippen molar-refractivity contribution >= 4 is 5.91 Å². The van der Waals surface area contributed by atoms with Crippen LogP contribution in [-0.4, -0.2) is 44.1 Å². The Morgan fingerprint density at radius 2 is 1.69 bits per heavy atom. The van der Waals surface area contributed by atoms with Gasteiger partial charge in [0.1, 0.15) is 5.82 Å². The lowest BCUT2D eigenvalue weighted by Gasteiger charge is -2.31. The van der Waals surface area contributed by atoms with Gasteiger partial charge in [-0.2, -0.15) is 5.10 Å². The summed E-state index contributed by atoms with van der Waals surface area (Å²) in [4.78, 5) is 23.7. The summed E-state index contributed by atoms with van der Waals surface area (Å²) in [7, 11) is 0. The normalized spacial score (nSPS) is 16.1. The summed E-state index contributed by atoms with van der Waals surface area (Å²) < 4.78 is 0. The SMILES string of the molecule is O=C(Cc1ccc(-c2ccccc2)cc1)N1CCC[C@@H](c2nc(-c3ccncc3)n[nH]2)C1. The topological polar surface area (TPSA) is 74.8 Å². The minimum atomic E-state index is 0.163. The van der Waals surface area contributed by atoms with E-state index in [4.69, 9.17) is 0 Å². The van der Waals surface area contributed by atoms with E-state index in [1.54, 1.807) is 12.4 Å². The molecule has 0 aliphatic carbocycles. The average Bonchev–Trinajstić information content (AvgIpc) is 3.36. The highest BCUT2D eigenvalue weighted by Gasteiger charge is 2.27. The second-order valence-corrected chi connectivity index (χ2v) is 8.20. The summed E-state index contributed by atoms with van der Waals surface area (Å²) >= 11 is 0. The van der Waals surface area contributed by atoms with Crippen molar-refractivity contribution in [1.29, 1.82) is 0 Å². The van der Waals surface area contributed by atoms with E-state index in [-0.39, 0.29) is 11.8 Å². The second-order valence-electron chi connectivity index (χ2n) is 8.20. The number of amides is 1. The Morgan fingerprint density at radius 1 is 0.938 bits per heavy atom. The molecule has 0 radical (unpaired) electrons. The van der Waals surface area contributed by atoms with Gasteiger partial charge in [0.15, 0.2) is 5.82 Å². The van der Waals surface area contributed by atoms with Gasteiger partial charge in [-0.3, -0.25) is 14.9 Å². The van der Waals surface area contributed by atoms with E-state index < -0.39 is 0 Å². The number of carbonyl (C=O) groups excluding carboxylic acids is 1. The maximum Gasteiger partial charge on any atom is 0.227 e. The van der Waals surface area contributed by atoms with E-state index in [0.29, 0.717) is 18.8 Å². The number of likely N-dealkylation sites (tertiary alicyclic amines) is 1. The van der Waals surface area contributed by atoms with Gasteiger partial charge in [0.25, 0.3) is 0 Å². The van der Waals surface area contributed by atoms with Crippen molar-refractivity contribution in [1.82, 2.24) is 25.1 Å². The van der Waals surface area contributed by atoms with Crippen LogP contribution in [0.5, 0.6) is 0 Å². The van der Waals surface area contributed by atoms with E-state index in [0.717, 1.165) is 41.9 Å². The molecule has 0 bridgehead atoms. The number of H-pyrrole nitrogens is 1.